The van der Waals surface area contributed by atoms with Crippen molar-refractivity contribution in [2.75, 3.05) is 33.5 Å². The SMILES string of the molecule is COCCOCCCCNC1CCCc2sc(Cl)cc21. The van der Waals surface area contributed by atoms with Crippen molar-refractivity contribution in [3.63, 3.8) is 0 Å². The fourth-order valence-corrected chi connectivity index (χ4v) is 3.97. The molecule has 0 aromatic carbocycles. The maximum Gasteiger partial charge on any atom is 0.0934 e. The van der Waals surface area contributed by atoms with Crippen molar-refractivity contribution in [1.82, 2.24) is 5.32 Å². The van der Waals surface area contributed by atoms with Gasteiger partial charge in [-0.1, -0.05) is 11.6 Å². The zero-order chi connectivity index (χ0) is 14.2. The van der Waals surface area contributed by atoms with E-state index in [1.165, 1.54) is 29.7 Å². The third-order valence-corrected chi connectivity index (χ3v) is 4.96. The summed E-state index contributed by atoms with van der Waals surface area (Å²) in [5.41, 5.74) is 1.43. The molecule has 1 aliphatic rings. The molecule has 3 nitrogen and oxygen atoms in total. The van der Waals surface area contributed by atoms with Crippen LogP contribution in [0, 0.1) is 0 Å². The molecule has 2 rings (SSSR count). The van der Waals surface area contributed by atoms with Crippen LogP contribution < -0.4 is 5.32 Å². The van der Waals surface area contributed by atoms with Gasteiger partial charge in [0.25, 0.3) is 0 Å². The second-order valence-electron chi connectivity index (χ2n) is 5.14. The van der Waals surface area contributed by atoms with Gasteiger partial charge in [-0.3, -0.25) is 0 Å². The molecule has 0 amide bonds. The standard InChI is InChI=1S/C15H24ClNO2S/c1-18-9-10-19-8-3-2-7-17-13-5-4-6-14-12(13)11-15(16)20-14/h11,13,17H,2-10H2,1H3. The Bertz CT molecular complexity index is 397. The van der Waals surface area contributed by atoms with Gasteiger partial charge < -0.3 is 14.8 Å². The minimum atomic E-state index is 0.497. The summed E-state index contributed by atoms with van der Waals surface area (Å²) >= 11 is 7.87. The van der Waals surface area contributed by atoms with E-state index in [0.29, 0.717) is 19.3 Å². The Kier molecular flexibility index (Phi) is 7.31. The molecule has 1 aromatic rings. The molecule has 0 bridgehead atoms. The van der Waals surface area contributed by atoms with E-state index in [1.807, 2.05) is 0 Å². The van der Waals surface area contributed by atoms with Crippen LogP contribution in [-0.4, -0.2) is 33.5 Å². The van der Waals surface area contributed by atoms with Gasteiger partial charge in [0.15, 0.2) is 0 Å². The van der Waals surface area contributed by atoms with E-state index in [0.717, 1.165) is 30.3 Å². The summed E-state index contributed by atoms with van der Waals surface area (Å²) in [7, 11) is 1.70. The van der Waals surface area contributed by atoms with Crippen molar-refractivity contribution in [1.29, 1.82) is 0 Å². The van der Waals surface area contributed by atoms with Gasteiger partial charge in [0.2, 0.25) is 0 Å². The minimum absolute atomic E-state index is 0.497. The predicted octanol–water partition coefficient (Wildman–Crippen LogP) is 3.81. The highest BCUT2D eigenvalue weighted by molar-refractivity contribution is 7.16. The van der Waals surface area contributed by atoms with E-state index in [9.17, 15) is 0 Å². The first-order valence-corrected chi connectivity index (χ1v) is 8.59. The highest BCUT2D eigenvalue weighted by Crippen LogP contribution is 2.37. The number of aryl methyl sites for hydroxylation is 1. The Morgan fingerprint density at radius 3 is 3.10 bits per heavy atom. The summed E-state index contributed by atoms with van der Waals surface area (Å²) in [6.45, 7) is 3.25. The summed E-state index contributed by atoms with van der Waals surface area (Å²) in [6.07, 6.45) is 5.93. The summed E-state index contributed by atoms with van der Waals surface area (Å²) in [5, 5.41) is 3.66. The van der Waals surface area contributed by atoms with Crippen LogP contribution >= 0.6 is 22.9 Å². The van der Waals surface area contributed by atoms with E-state index in [1.54, 1.807) is 18.4 Å². The number of rotatable bonds is 9. The van der Waals surface area contributed by atoms with Gasteiger partial charge in [0.1, 0.15) is 0 Å². The fourth-order valence-electron chi connectivity index (χ4n) is 2.58. The molecular formula is C15H24ClNO2S. The molecule has 0 fully saturated rings. The third-order valence-electron chi connectivity index (χ3n) is 3.62. The van der Waals surface area contributed by atoms with Gasteiger partial charge in [-0.25, -0.2) is 0 Å². The van der Waals surface area contributed by atoms with Gasteiger partial charge in [-0.15, -0.1) is 11.3 Å². The predicted molar refractivity (Wildman–Crippen MR) is 84.9 cm³/mol. The Labute approximate surface area is 130 Å². The van der Waals surface area contributed by atoms with Gasteiger partial charge in [-0.05, 0) is 50.3 Å². The molecule has 1 aromatic heterocycles. The van der Waals surface area contributed by atoms with Gasteiger partial charge in [0, 0.05) is 24.6 Å². The number of nitrogens with one attached hydrogen (secondary N) is 1. The first kappa shape index (κ1) is 16.2. The summed E-state index contributed by atoms with van der Waals surface area (Å²) in [5.74, 6) is 0. The first-order chi connectivity index (χ1) is 9.81. The average molecular weight is 318 g/mol. The molecule has 0 spiro atoms. The molecule has 20 heavy (non-hydrogen) atoms. The molecule has 1 atom stereocenters. The van der Waals surface area contributed by atoms with Gasteiger partial charge in [-0.2, -0.15) is 0 Å². The van der Waals surface area contributed by atoms with Crippen molar-refractivity contribution in [3.8, 4) is 0 Å². The second-order valence-corrected chi connectivity index (χ2v) is 6.91. The third kappa shape index (κ3) is 5.01. The van der Waals surface area contributed by atoms with E-state index in [-0.39, 0.29) is 0 Å². The molecule has 0 aliphatic heterocycles. The number of ether oxygens (including phenoxy) is 2. The van der Waals surface area contributed by atoms with E-state index < -0.39 is 0 Å². The topological polar surface area (TPSA) is 30.5 Å². The Morgan fingerprint density at radius 2 is 2.25 bits per heavy atom. The number of thiophene rings is 1. The molecule has 5 heteroatoms. The molecule has 114 valence electrons. The highest BCUT2D eigenvalue weighted by Gasteiger charge is 2.21. The molecular weight excluding hydrogens is 294 g/mol. The lowest BCUT2D eigenvalue weighted by Gasteiger charge is -2.23. The van der Waals surface area contributed by atoms with Crippen LogP contribution in [0.3, 0.4) is 0 Å². The lowest BCUT2D eigenvalue weighted by Crippen LogP contribution is -2.25. The van der Waals surface area contributed by atoms with E-state index >= 15 is 0 Å². The summed E-state index contributed by atoms with van der Waals surface area (Å²) in [6, 6.07) is 2.64. The number of hydrogen-bond acceptors (Lipinski definition) is 4. The van der Waals surface area contributed by atoms with Crippen LogP contribution in [0.2, 0.25) is 4.34 Å². The van der Waals surface area contributed by atoms with Crippen LogP contribution in [0.5, 0.6) is 0 Å². The fraction of sp³-hybridized carbons (Fsp3) is 0.733. The van der Waals surface area contributed by atoms with Crippen molar-refractivity contribution in [3.05, 3.63) is 20.8 Å². The van der Waals surface area contributed by atoms with Crippen LogP contribution in [-0.2, 0) is 15.9 Å². The monoisotopic (exact) mass is 317 g/mol. The average Bonchev–Trinajstić information content (AvgIpc) is 2.83. The van der Waals surface area contributed by atoms with Gasteiger partial charge >= 0.3 is 0 Å². The largest absolute Gasteiger partial charge is 0.382 e. The highest BCUT2D eigenvalue weighted by atomic mass is 35.5. The first-order valence-electron chi connectivity index (χ1n) is 7.39. The molecule has 1 aliphatic carbocycles. The molecule has 0 saturated carbocycles. The quantitative estimate of drug-likeness (QED) is 0.702. The zero-order valence-corrected chi connectivity index (χ0v) is 13.7. The van der Waals surface area contributed by atoms with Crippen LogP contribution in [0.15, 0.2) is 6.07 Å². The van der Waals surface area contributed by atoms with Crippen LogP contribution in [0.4, 0.5) is 0 Å². The lowest BCUT2D eigenvalue weighted by atomic mass is 9.94. The molecule has 1 N–H and O–H groups in total. The Morgan fingerprint density at radius 1 is 1.35 bits per heavy atom. The lowest BCUT2D eigenvalue weighted by molar-refractivity contribution is 0.0687. The van der Waals surface area contributed by atoms with Crippen molar-refractivity contribution in [2.45, 2.75) is 38.1 Å². The molecule has 0 radical (unpaired) electrons. The van der Waals surface area contributed by atoms with Crippen molar-refractivity contribution in [2.24, 2.45) is 0 Å². The smallest absolute Gasteiger partial charge is 0.0934 e. The minimum Gasteiger partial charge on any atom is -0.382 e. The Hall–Kier alpha value is -0.130. The number of fused-ring (bicyclic) bond motifs is 1. The van der Waals surface area contributed by atoms with Crippen molar-refractivity contribution >= 4 is 22.9 Å². The summed E-state index contributed by atoms with van der Waals surface area (Å²) < 4.78 is 11.3. The van der Waals surface area contributed by atoms with Crippen molar-refractivity contribution < 1.29 is 9.47 Å². The zero-order valence-electron chi connectivity index (χ0n) is 12.1. The maximum absolute atomic E-state index is 6.12. The van der Waals surface area contributed by atoms with Crippen LogP contribution in [0.25, 0.3) is 0 Å². The Balaban J connectivity index is 1.61. The molecule has 1 heterocycles. The molecule has 1 unspecified atom stereocenters. The summed E-state index contributed by atoms with van der Waals surface area (Å²) in [4.78, 5) is 1.47. The maximum atomic E-state index is 6.12. The normalized spacial score (nSPS) is 18.2. The van der Waals surface area contributed by atoms with E-state index in [2.05, 4.69) is 11.4 Å². The molecule has 0 saturated heterocycles. The number of hydrogen-bond donors (Lipinski definition) is 1. The van der Waals surface area contributed by atoms with Crippen LogP contribution in [0.1, 0.15) is 42.2 Å². The number of unbranched alkanes of at least 4 members (excludes halogenated alkanes) is 1. The number of halogens is 1. The van der Waals surface area contributed by atoms with E-state index in [4.69, 9.17) is 21.1 Å². The number of methoxy groups -OCH3 is 1. The second kappa shape index (κ2) is 9.00. The van der Waals surface area contributed by atoms with Gasteiger partial charge in [0.05, 0.1) is 17.6 Å².